The first kappa shape index (κ1) is 12.0. The van der Waals surface area contributed by atoms with Crippen molar-refractivity contribution in [2.45, 2.75) is 31.8 Å². The Hall–Kier alpha value is -1.44. The van der Waals surface area contributed by atoms with E-state index >= 15 is 0 Å². The minimum atomic E-state index is -1.31. The monoisotopic (exact) mass is 242 g/mol. The molecule has 1 aromatic rings. The predicted molar refractivity (Wildman–Crippen MR) is 57.7 cm³/mol. The van der Waals surface area contributed by atoms with E-state index < -0.39 is 29.7 Å². The summed E-state index contributed by atoms with van der Waals surface area (Å²) in [5.41, 5.74) is -0.918. The largest absolute Gasteiger partial charge is 0.390 e. The zero-order valence-corrected chi connectivity index (χ0v) is 9.29. The van der Waals surface area contributed by atoms with Gasteiger partial charge in [-0.2, -0.15) is 0 Å². The quantitative estimate of drug-likeness (QED) is 0.584. The molecule has 7 heteroatoms. The highest BCUT2D eigenvalue weighted by Crippen LogP contribution is 2.21. The molecule has 0 aliphatic carbocycles. The van der Waals surface area contributed by atoms with Crippen molar-refractivity contribution in [1.82, 2.24) is 9.55 Å². The molecule has 3 N–H and O–H groups in total. The number of aryl methyl sites for hydroxylation is 1. The second-order valence-corrected chi connectivity index (χ2v) is 4.08. The summed E-state index contributed by atoms with van der Waals surface area (Å²) in [7, 11) is 0. The number of aliphatic hydroxyl groups is 2. The first-order valence-corrected chi connectivity index (χ1v) is 5.30. The van der Waals surface area contributed by atoms with Gasteiger partial charge in [-0.3, -0.25) is 14.3 Å². The average molecular weight is 242 g/mol. The molecule has 0 aromatic carbocycles. The van der Waals surface area contributed by atoms with Gasteiger partial charge in [0.15, 0.2) is 6.23 Å². The van der Waals surface area contributed by atoms with E-state index in [-0.39, 0.29) is 0 Å². The van der Waals surface area contributed by atoms with Crippen LogP contribution in [0.15, 0.2) is 15.8 Å². The first-order chi connectivity index (χ1) is 8.00. The van der Waals surface area contributed by atoms with Crippen LogP contribution in [0.25, 0.3) is 0 Å². The molecule has 7 nitrogen and oxygen atoms in total. The molecular formula is C10H14N2O5. The van der Waals surface area contributed by atoms with Crippen LogP contribution in [0.2, 0.25) is 0 Å². The second kappa shape index (κ2) is 4.44. The molecule has 94 valence electrons. The number of rotatable bonds is 2. The third-order valence-corrected chi connectivity index (χ3v) is 2.83. The van der Waals surface area contributed by atoms with Crippen molar-refractivity contribution in [3.8, 4) is 0 Å². The number of hydrogen-bond donors (Lipinski definition) is 3. The molecular weight excluding hydrogens is 228 g/mol. The lowest BCUT2D eigenvalue weighted by atomic mass is 10.1. The fourth-order valence-corrected chi connectivity index (χ4v) is 1.83. The summed E-state index contributed by atoms with van der Waals surface area (Å²) in [5.74, 6) is 0. The molecule has 2 rings (SSSR count). The normalized spacial score (nSPS) is 26.1. The van der Waals surface area contributed by atoms with Crippen LogP contribution in [0.3, 0.4) is 0 Å². The summed E-state index contributed by atoms with van der Waals surface area (Å²) in [6, 6.07) is 0. The zero-order valence-electron chi connectivity index (χ0n) is 9.29. The van der Waals surface area contributed by atoms with Gasteiger partial charge in [-0.05, 0) is 13.3 Å². The molecule has 1 aromatic heterocycles. The van der Waals surface area contributed by atoms with E-state index in [0.29, 0.717) is 18.6 Å². The van der Waals surface area contributed by atoms with Gasteiger partial charge < -0.3 is 14.9 Å². The summed E-state index contributed by atoms with van der Waals surface area (Å²) in [6.45, 7) is 1.85. The highest BCUT2D eigenvalue weighted by Gasteiger charge is 2.34. The fourth-order valence-electron chi connectivity index (χ4n) is 1.83. The molecule has 1 aliphatic rings. The number of aliphatic hydroxyl groups excluding tert-OH is 2. The van der Waals surface area contributed by atoms with Crippen LogP contribution < -0.4 is 11.2 Å². The number of aromatic amines is 1. The van der Waals surface area contributed by atoms with E-state index in [1.54, 1.807) is 0 Å². The third-order valence-electron chi connectivity index (χ3n) is 2.83. The lowest BCUT2D eigenvalue weighted by molar-refractivity contribution is -0.0815. The summed E-state index contributed by atoms with van der Waals surface area (Å²) >= 11 is 0. The number of aromatic nitrogens is 2. The van der Waals surface area contributed by atoms with E-state index in [1.807, 2.05) is 0 Å². The van der Waals surface area contributed by atoms with Crippen LogP contribution in [0.5, 0.6) is 0 Å². The van der Waals surface area contributed by atoms with Crippen molar-refractivity contribution in [2.75, 3.05) is 6.61 Å². The first-order valence-electron chi connectivity index (χ1n) is 5.30. The van der Waals surface area contributed by atoms with Crippen molar-refractivity contribution in [3.63, 3.8) is 0 Å². The van der Waals surface area contributed by atoms with Gasteiger partial charge in [-0.25, -0.2) is 4.79 Å². The van der Waals surface area contributed by atoms with E-state index in [0.717, 1.165) is 4.57 Å². The number of nitrogens with zero attached hydrogens (tertiary/aromatic N) is 1. The lowest BCUT2D eigenvalue weighted by Gasteiger charge is -2.22. The van der Waals surface area contributed by atoms with Crippen LogP contribution in [0.4, 0.5) is 0 Å². The van der Waals surface area contributed by atoms with Gasteiger partial charge in [-0.15, -0.1) is 0 Å². The molecule has 0 bridgehead atoms. The summed E-state index contributed by atoms with van der Waals surface area (Å²) < 4.78 is 6.11. The minimum absolute atomic E-state index is 0.302. The molecule has 0 spiro atoms. The van der Waals surface area contributed by atoms with Crippen LogP contribution in [0.1, 0.15) is 18.2 Å². The van der Waals surface area contributed by atoms with Gasteiger partial charge in [0.05, 0.1) is 6.10 Å². The van der Waals surface area contributed by atoms with Gasteiger partial charge in [0.25, 0.3) is 5.56 Å². The van der Waals surface area contributed by atoms with Crippen LogP contribution in [-0.4, -0.2) is 38.6 Å². The van der Waals surface area contributed by atoms with Crippen LogP contribution >= 0.6 is 0 Å². The number of ether oxygens (including phenoxy) is 1. The molecule has 3 unspecified atom stereocenters. The maximum Gasteiger partial charge on any atom is 0.330 e. The Labute approximate surface area is 96.3 Å². The maximum atomic E-state index is 11.5. The van der Waals surface area contributed by atoms with E-state index in [9.17, 15) is 19.8 Å². The molecule has 1 fully saturated rings. The Morgan fingerprint density at radius 3 is 2.88 bits per heavy atom. The molecule has 1 saturated heterocycles. The van der Waals surface area contributed by atoms with Gasteiger partial charge in [0.1, 0.15) is 6.10 Å². The Morgan fingerprint density at radius 1 is 1.59 bits per heavy atom. The molecule has 0 saturated carbocycles. The molecule has 0 amide bonds. The average Bonchev–Trinajstić information content (AvgIpc) is 2.69. The van der Waals surface area contributed by atoms with Gasteiger partial charge in [0.2, 0.25) is 0 Å². The van der Waals surface area contributed by atoms with Gasteiger partial charge in [0, 0.05) is 18.4 Å². The van der Waals surface area contributed by atoms with Gasteiger partial charge >= 0.3 is 5.69 Å². The molecule has 3 atom stereocenters. The summed E-state index contributed by atoms with van der Waals surface area (Å²) in [5, 5.41) is 19.5. The molecule has 2 heterocycles. The van der Waals surface area contributed by atoms with Crippen molar-refractivity contribution in [1.29, 1.82) is 0 Å². The smallest absolute Gasteiger partial charge is 0.330 e. The highest BCUT2D eigenvalue weighted by atomic mass is 16.5. The van der Waals surface area contributed by atoms with Crippen LogP contribution in [0, 0.1) is 6.92 Å². The summed E-state index contributed by atoms with van der Waals surface area (Å²) in [4.78, 5) is 24.8. The molecule has 17 heavy (non-hydrogen) atoms. The lowest BCUT2D eigenvalue weighted by Crippen LogP contribution is -2.40. The van der Waals surface area contributed by atoms with Crippen LogP contribution in [-0.2, 0) is 4.74 Å². The molecule has 1 aliphatic heterocycles. The fraction of sp³-hybridized carbons (Fsp3) is 0.600. The predicted octanol–water partition coefficient (Wildman–Crippen LogP) is -1.51. The number of H-pyrrole nitrogens is 1. The number of nitrogens with one attached hydrogen (secondary N) is 1. The minimum Gasteiger partial charge on any atom is -0.390 e. The Morgan fingerprint density at radius 2 is 2.29 bits per heavy atom. The Bertz CT molecular complexity index is 520. The Kier molecular flexibility index (Phi) is 3.14. The Balaban J connectivity index is 2.37. The van der Waals surface area contributed by atoms with Crippen molar-refractivity contribution in [2.24, 2.45) is 0 Å². The topological polar surface area (TPSA) is 105 Å². The maximum absolute atomic E-state index is 11.5. The third kappa shape index (κ3) is 2.17. The summed E-state index contributed by atoms with van der Waals surface area (Å²) in [6.07, 6.45) is -1.31. The van der Waals surface area contributed by atoms with Crippen molar-refractivity contribution >= 4 is 0 Å². The van der Waals surface area contributed by atoms with E-state index in [2.05, 4.69) is 4.98 Å². The van der Waals surface area contributed by atoms with E-state index in [1.165, 1.54) is 13.1 Å². The zero-order chi connectivity index (χ0) is 12.6. The van der Waals surface area contributed by atoms with Crippen molar-refractivity contribution in [3.05, 3.63) is 32.6 Å². The molecule has 0 radical (unpaired) electrons. The van der Waals surface area contributed by atoms with E-state index in [4.69, 9.17) is 4.74 Å². The standard InChI is InChI=1S/C10H14N2O5/c1-5-4-12(10(16)11-8(5)14)9(15)7-6(13)2-3-17-7/h4,6-7,9,13,15H,2-3H2,1H3,(H,11,14,16). The van der Waals surface area contributed by atoms with Gasteiger partial charge in [-0.1, -0.05) is 0 Å². The van der Waals surface area contributed by atoms with Crippen molar-refractivity contribution < 1.29 is 14.9 Å². The number of hydrogen-bond acceptors (Lipinski definition) is 5. The SMILES string of the molecule is Cc1cn(C(O)C2OCCC2O)c(=O)[nH]c1=O. The second-order valence-electron chi connectivity index (χ2n) is 4.08. The highest BCUT2D eigenvalue weighted by molar-refractivity contribution is 5.02.